The van der Waals surface area contributed by atoms with E-state index >= 15 is 0 Å². The molecule has 0 fully saturated rings. The Balaban J connectivity index is 4.83. The van der Waals surface area contributed by atoms with E-state index in [1.807, 2.05) is 18.2 Å². The van der Waals surface area contributed by atoms with Crippen molar-refractivity contribution in [1.29, 1.82) is 0 Å². The Morgan fingerprint density at radius 2 is 0.681 bits per heavy atom. The van der Waals surface area contributed by atoms with Gasteiger partial charge in [-0.25, -0.2) is 0 Å². The van der Waals surface area contributed by atoms with Gasteiger partial charge in [-0.15, -0.1) is 0 Å². The Morgan fingerprint density at radius 3 is 1.00 bits per heavy atom. The summed E-state index contributed by atoms with van der Waals surface area (Å²) in [6.45, 7) is 8.38. The van der Waals surface area contributed by atoms with Crippen molar-refractivity contribution in [2.45, 2.75) is 199 Å². The third-order valence-electron chi connectivity index (χ3n) is 11.1. The maximum Gasteiger partial charge on any atom is 0.309 e. The lowest BCUT2D eigenvalue weighted by atomic mass is 10.0. The molecule has 0 spiro atoms. The van der Waals surface area contributed by atoms with Crippen LogP contribution in [0, 0.1) is 0 Å². The average molecular weight is 987 g/mol. The third kappa shape index (κ3) is 47.4. The summed E-state index contributed by atoms with van der Waals surface area (Å²) in [5, 5.41) is 27.5. The summed E-state index contributed by atoms with van der Waals surface area (Å²) in [6, 6.07) is 0. The van der Waals surface area contributed by atoms with Crippen LogP contribution < -0.4 is 0 Å². The van der Waals surface area contributed by atoms with Crippen LogP contribution in [0.15, 0.2) is 36.5 Å². The molecule has 0 amide bonds. The largest absolute Gasteiger partial charge is 0.463 e. The molecule has 3 unspecified atom stereocenters. The Morgan fingerprint density at radius 1 is 0.362 bits per heavy atom. The standard InChI is InChI=1S/C54H98O15/c1-4-7-10-16-25-48(63-37-34-55)28-19-13-22-31-52(58)67-42-40-61-46-51(66-44-45-69-54(60)33-24-15-21-30-50(65-39-36-57)27-18-12-9-6-3)47-62-41-43-68-53(59)32-23-14-20-29-49(64-38-35-56)26-17-11-8-5-2/h13-15,22-24,48-51,55-57H,4-12,16-21,25-47H2,1-3H3. The maximum absolute atomic E-state index is 12.4. The predicted molar refractivity (Wildman–Crippen MR) is 270 cm³/mol. The molecule has 0 aliphatic carbocycles. The number of rotatable bonds is 53. The minimum atomic E-state index is -0.530. The highest BCUT2D eigenvalue weighted by Gasteiger charge is 2.14. The first-order valence-corrected chi connectivity index (χ1v) is 26.7. The van der Waals surface area contributed by atoms with Crippen LogP contribution in [0.1, 0.15) is 175 Å². The van der Waals surface area contributed by atoms with Crippen molar-refractivity contribution in [1.82, 2.24) is 0 Å². The van der Waals surface area contributed by atoms with Gasteiger partial charge in [0.15, 0.2) is 0 Å². The summed E-state index contributed by atoms with van der Waals surface area (Å²) >= 11 is 0. The zero-order valence-corrected chi connectivity index (χ0v) is 43.4. The van der Waals surface area contributed by atoms with Gasteiger partial charge < -0.3 is 58.0 Å². The molecule has 15 heteroatoms. The molecule has 69 heavy (non-hydrogen) atoms. The van der Waals surface area contributed by atoms with Gasteiger partial charge in [-0.3, -0.25) is 14.4 Å². The van der Waals surface area contributed by atoms with Crippen molar-refractivity contribution >= 4 is 17.9 Å². The molecule has 0 aromatic rings. The topological polar surface area (TPSA) is 195 Å². The van der Waals surface area contributed by atoms with Crippen molar-refractivity contribution in [3.05, 3.63) is 36.5 Å². The molecule has 0 radical (unpaired) electrons. The van der Waals surface area contributed by atoms with Gasteiger partial charge in [0, 0.05) is 0 Å². The van der Waals surface area contributed by atoms with E-state index in [1.165, 1.54) is 57.8 Å². The molecule has 0 heterocycles. The molecule has 15 nitrogen and oxygen atoms in total. The highest BCUT2D eigenvalue weighted by molar-refractivity contribution is 5.71. The number of ether oxygens (including phenoxy) is 9. The molecule has 0 aromatic heterocycles. The van der Waals surface area contributed by atoms with E-state index in [-0.39, 0.29) is 128 Å². The fourth-order valence-electron chi connectivity index (χ4n) is 7.28. The molecule has 0 aliphatic rings. The van der Waals surface area contributed by atoms with E-state index in [2.05, 4.69) is 20.8 Å². The normalized spacial score (nSPS) is 13.7. The molecule has 3 atom stereocenters. The van der Waals surface area contributed by atoms with Crippen molar-refractivity contribution in [2.75, 3.05) is 92.5 Å². The molecule has 404 valence electrons. The average Bonchev–Trinajstić information content (AvgIpc) is 3.35. The predicted octanol–water partition coefficient (Wildman–Crippen LogP) is 9.26. The van der Waals surface area contributed by atoms with E-state index in [4.69, 9.17) is 58.0 Å². The number of aliphatic hydroxyl groups excluding tert-OH is 3. The molecule has 0 saturated heterocycles. The summed E-state index contributed by atoms with van der Waals surface area (Å²) in [6.07, 6.45) is 33.1. The van der Waals surface area contributed by atoms with Crippen molar-refractivity contribution < 1.29 is 72.3 Å². The van der Waals surface area contributed by atoms with E-state index in [9.17, 15) is 14.4 Å². The second kappa shape index (κ2) is 53.1. The number of esters is 3. The first-order valence-electron chi connectivity index (χ1n) is 26.7. The van der Waals surface area contributed by atoms with E-state index in [0.717, 1.165) is 77.0 Å². The van der Waals surface area contributed by atoms with Crippen LogP contribution in [0.2, 0.25) is 0 Å². The van der Waals surface area contributed by atoms with E-state index < -0.39 is 6.10 Å². The van der Waals surface area contributed by atoms with Gasteiger partial charge in [0.25, 0.3) is 0 Å². The van der Waals surface area contributed by atoms with Gasteiger partial charge in [-0.05, 0) is 57.8 Å². The SMILES string of the molecule is CCCCCCC(CCC=CCC(=O)OCCOCC(COCCOC(=O)CC=CCCC(CCCCCC)OCCO)OCCOC(=O)CC=CCCC(CCCCCC)OCCO)OCCO. The number of carbonyl (C=O) groups excluding carboxylic acids is 3. The first-order chi connectivity index (χ1) is 33.8. The zero-order chi connectivity index (χ0) is 50.5. The molecular weight excluding hydrogens is 889 g/mol. The van der Waals surface area contributed by atoms with Crippen LogP contribution >= 0.6 is 0 Å². The second-order valence-electron chi connectivity index (χ2n) is 17.3. The fourth-order valence-corrected chi connectivity index (χ4v) is 7.28. The third-order valence-corrected chi connectivity index (χ3v) is 11.1. The van der Waals surface area contributed by atoms with E-state index in [1.54, 1.807) is 18.2 Å². The molecule has 0 saturated carbocycles. The van der Waals surface area contributed by atoms with Gasteiger partial charge in [0.1, 0.15) is 25.9 Å². The number of aliphatic hydroxyl groups is 3. The van der Waals surface area contributed by atoms with Crippen LogP contribution in [0.25, 0.3) is 0 Å². The quantitative estimate of drug-likeness (QED) is 0.0226. The maximum atomic E-state index is 12.4. The smallest absolute Gasteiger partial charge is 0.309 e. The second-order valence-corrected chi connectivity index (χ2v) is 17.3. The number of hydrogen-bond acceptors (Lipinski definition) is 15. The van der Waals surface area contributed by atoms with Gasteiger partial charge in [-0.1, -0.05) is 134 Å². The van der Waals surface area contributed by atoms with Crippen LogP contribution in [-0.2, 0) is 57.0 Å². The van der Waals surface area contributed by atoms with Gasteiger partial charge in [0.2, 0.25) is 0 Å². The van der Waals surface area contributed by atoms with Crippen LogP contribution in [0.3, 0.4) is 0 Å². The zero-order valence-electron chi connectivity index (χ0n) is 43.4. The lowest BCUT2D eigenvalue weighted by Gasteiger charge is -2.18. The number of carbonyl (C=O) groups is 3. The number of unbranched alkanes of at least 4 members (excludes halogenated alkanes) is 9. The lowest BCUT2D eigenvalue weighted by Crippen LogP contribution is -2.29. The van der Waals surface area contributed by atoms with Gasteiger partial charge in [-0.2, -0.15) is 0 Å². The lowest BCUT2D eigenvalue weighted by molar-refractivity contribution is -0.149. The monoisotopic (exact) mass is 987 g/mol. The minimum Gasteiger partial charge on any atom is -0.463 e. The van der Waals surface area contributed by atoms with Crippen LogP contribution in [-0.4, -0.2) is 150 Å². The molecule has 0 bridgehead atoms. The van der Waals surface area contributed by atoms with Crippen molar-refractivity contribution in [3.8, 4) is 0 Å². The number of hydrogen-bond donors (Lipinski definition) is 3. The van der Waals surface area contributed by atoms with Gasteiger partial charge in [0.05, 0.1) is 110 Å². The van der Waals surface area contributed by atoms with Crippen molar-refractivity contribution in [3.63, 3.8) is 0 Å². The fraction of sp³-hybridized carbons (Fsp3) is 0.833. The Kier molecular flexibility index (Phi) is 51.0. The Bertz CT molecular complexity index is 1170. The first kappa shape index (κ1) is 66.3. The Hall–Kier alpha value is -2.73. The molecule has 0 aromatic carbocycles. The Labute approximate surface area is 417 Å². The molecule has 0 aliphatic heterocycles. The number of allylic oxidation sites excluding steroid dienone is 3. The summed E-state index contributed by atoms with van der Waals surface area (Å²) in [5.74, 6) is -1.09. The molecule has 3 N–H and O–H groups in total. The van der Waals surface area contributed by atoms with Crippen LogP contribution in [0.5, 0.6) is 0 Å². The summed E-state index contributed by atoms with van der Waals surface area (Å²) < 4.78 is 50.9. The minimum absolute atomic E-state index is 0.00119. The van der Waals surface area contributed by atoms with Gasteiger partial charge >= 0.3 is 17.9 Å². The summed E-state index contributed by atoms with van der Waals surface area (Å²) in [4.78, 5) is 37.1. The molecular formula is C54H98O15. The highest BCUT2D eigenvalue weighted by atomic mass is 16.6. The molecule has 0 rings (SSSR count). The summed E-state index contributed by atoms with van der Waals surface area (Å²) in [5.41, 5.74) is 0. The highest BCUT2D eigenvalue weighted by Crippen LogP contribution is 2.16. The summed E-state index contributed by atoms with van der Waals surface area (Å²) in [7, 11) is 0. The van der Waals surface area contributed by atoms with E-state index in [0.29, 0.717) is 19.8 Å². The van der Waals surface area contributed by atoms with Crippen LogP contribution in [0.4, 0.5) is 0 Å². The van der Waals surface area contributed by atoms with Crippen molar-refractivity contribution in [2.24, 2.45) is 0 Å².